The van der Waals surface area contributed by atoms with Crippen LogP contribution in [0.15, 0.2) is 12.5 Å². The summed E-state index contributed by atoms with van der Waals surface area (Å²) in [7, 11) is 0. The Morgan fingerprint density at radius 3 is 2.87 bits per heavy atom. The van der Waals surface area contributed by atoms with Crippen LogP contribution in [0.4, 0.5) is 5.82 Å². The van der Waals surface area contributed by atoms with Crippen LogP contribution in [-0.2, 0) is 6.61 Å². The molecule has 2 rings (SSSR count). The average Bonchev–Trinajstić information content (AvgIpc) is 2.31. The van der Waals surface area contributed by atoms with Gasteiger partial charge in [-0.25, -0.2) is 9.97 Å². The van der Waals surface area contributed by atoms with Gasteiger partial charge in [0.15, 0.2) is 0 Å². The van der Waals surface area contributed by atoms with Crippen molar-refractivity contribution in [2.24, 2.45) is 0 Å². The highest BCUT2D eigenvalue weighted by Gasteiger charge is 2.14. The molecule has 0 unspecified atom stereocenters. The van der Waals surface area contributed by atoms with Crippen molar-refractivity contribution in [1.82, 2.24) is 9.97 Å². The van der Waals surface area contributed by atoms with Crippen molar-refractivity contribution in [1.29, 1.82) is 0 Å². The zero-order valence-corrected chi connectivity index (χ0v) is 8.82. The van der Waals surface area contributed by atoms with Crippen LogP contribution in [0.3, 0.4) is 0 Å². The van der Waals surface area contributed by atoms with Crippen molar-refractivity contribution in [3.8, 4) is 0 Å². The van der Waals surface area contributed by atoms with E-state index in [9.17, 15) is 0 Å². The third kappa shape index (κ3) is 2.65. The van der Waals surface area contributed by atoms with Crippen LogP contribution in [0.2, 0.25) is 0 Å². The molecule has 0 aliphatic heterocycles. The van der Waals surface area contributed by atoms with Crippen LogP contribution in [0.25, 0.3) is 0 Å². The summed E-state index contributed by atoms with van der Waals surface area (Å²) in [6, 6.07) is 0.513. The van der Waals surface area contributed by atoms with Crippen molar-refractivity contribution in [2.45, 2.75) is 44.8 Å². The number of rotatable bonds is 3. The van der Waals surface area contributed by atoms with Crippen LogP contribution >= 0.6 is 0 Å². The summed E-state index contributed by atoms with van der Waals surface area (Å²) in [5.74, 6) is 0.791. The third-order valence-electron chi connectivity index (χ3n) is 2.90. The Hall–Kier alpha value is -1.16. The van der Waals surface area contributed by atoms with Gasteiger partial charge in [0.25, 0.3) is 0 Å². The molecule has 0 atom stereocenters. The molecule has 4 nitrogen and oxygen atoms in total. The van der Waals surface area contributed by atoms with Gasteiger partial charge in [-0.05, 0) is 12.8 Å². The summed E-state index contributed by atoms with van der Waals surface area (Å²) in [6.45, 7) is -0.00407. The van der Waals surface area contributed by atoms with Gasteiger partial charge in [-0.2, -0.15) is 0 Å². The summed E-state index contributed by atoms with van der Waals surface area (Å²) in [5.41, 5.74) is 0.781. The monoisotopic (exact) mass is 207 g/mol. The molecular weight excluding hydrogens is 190 g/mol. The van der Waals surface area contributed by atoms with Crippen molar-refractivity contribution in [2.75, 3.05) is 5.32 Å². The van der Waals surface area contributed by atoms with Gasteiger partial charge in [0, 0.05) is 17.8 Å². The molecule has 0 bridgehead atoms. The van der Waals surface area contributed by atoms with E-state index in [1.165, 1.54) is 38.4 Å². The second-order valence-electron chi connectivity index (χ2n) is 4.03. The highest BCUT2D eigenvalue weighted by molar-refractivity contribution is 5.42. The lowest BCUT2D eigenvalue weighted by Crippen LogP contribution is -2.23. The minimum Gasteiger partial charge on any atom is -0.391 e. The predicted molar refractivity (Wildman–Crippen MR) is 58.5 cm³/mol. The molecule has 0 spiro atoms. The van der Waals surface area contributed by atoms with Crippen LogP contribution in [0.1, 0.15) is 37.7 Å². The number of nitrogens with one attached hydrogen (secondary N) is 1. The van der Waals surface area contributed by atoms with Crippen LogP contribution in [0.5, 0.6) is 0 Å². The maximum atomic E-state index is 9.13. The van der Waals surface area contributed by atoms with Gasteiger partial charge in [-0.1, -0.05) is 19.3 Å². The Balaban J connectivity index is 2.02. The second kappa shape index (κ2) is 5.07. The molecule has 4 heteroatoms. The first-order valence-electron chi connectivity index (χ1n) is 5.56. The van der Waals surface area contributed by atoms with E-state index in [4.69, 9.17) is 5.11 Å². The summed E-state index contributed by atoms with van der Waals surface area (Å²) < 4.78 is 0. The number of nitrogens with zero attached hydrogens (tertiary/aromatic N) is 2. The van der Waals surface area contributed by atoms with Crippen molar-refractivity contribution < 1.29 is 5.11 Å². The number of aliphatic hydroxyl groups is 1. The second-order valence-corrected chi connectivity index (χ2v) is 4.03. The molecule has 1 saturated carbocycles. The fraction of sp³-hybridized carbons (Fsp3) is 0.636. The molecule has 1 aromatic rings. The average molecular weight is 207 g/mol. The highest BCUT2D eigenvalue weighted by Crippen LogP contribution is 2.21. The Bertz CT molecular complexity index is 310. The van der Waals surface area contributed by atoms with Gasteiger partial charge in [0.1, 0.15) is 12.1 Å². The SMILES string of the molecule is OCc1cncnc1NC1CCCCC1. The molecule has 0 radical (unpaired) electrons. The van der Waals surface area contributed by atoms with E-state index in [2.05, 4.69) is 15.3 Å². The zero-order valence-electron chi connectivity index (χ0n) is 8.82. The summed E-state index contributed by atoms with van der Waals surface area (Å²) in [6.07, 6.45) is 9.51. The first kappa shape index (κ1) is 10.4. The van der Waals surface area contributed by atoms with E-state index in [1.54, 1.807) is 6.20 Å². The summed E-state index contributed by atoms with van der Waals surface area (Å²) in [5, 5.41) is 12.5. The molecular formula is C11H17N3O. The van der Waals surface area contributed by atoms with Crippen molar-refractivity contribution in [3.63, 3.8) is 0 Å². The standard InChI is InChI=1S/C11H17N3O/c15-7-9-6-12-8-13-11(9)14-10-4-2-1-3-5-10/h6,8,10,15H,1-5,7H2,(H,12,13,14). The smallest absolute Gasteiger partial charge is 0.135 e. The quantitative estimate of drug-likeness (QED) is 0.792. The van der Waals surface area contributed by atoms with Gasteiger partial charge in [-0.15, -0.1) is 0 Å². The zero-order chi connectivity index (χ0) is 10.5. The minimum atomic E-state index is -0.00407. The Kier molecular flexibility index (Phi) is 3.50. The third-order valence-corrected chi connectivity index (χ3v) is 2.90. The van der Waals surface area contributed by atoms with Gasteiger partial charge >= 0.3 is 0 Å². The minimum absolute atomic E-state index is 0.00407. The first-order chi connectivity index (χ1) is 7.40. The molecule has 15 heavy (non-hydrogen) atoms. The molecule has 82 valence electrons. The molecule has 1 heterocycles. The first-order valence-corrected chi connectivity index (χ1v) is 5.56. The Labute approximate surface area is 89.8 Å². The van der Waals surface area contributed by atoms with Crippen molar-refractivity contribution >= 4 is 5.82 Å². The van der Waals surface area contributed by atoms with E-state index >= 15 is 0 Å². The predicted octanol–water partition coefficient (Wildman–Crippen LogP) is 1.71. The van der Waals surface area contributed by atoms with E-state index in [0.717, 1.165) is 11.4 Å². The largest absolute Gasteiger partial charge is 0.391 e. The van der Waals surface area contributed by atoms with E-state index in [0.29, 0.717) is 6.04 Å². The normalized spacial score (nSPS) is 17.7. The van der Waals surface area contributed by atoms with Crippen molar-refractivity contribution in [3.05, 3.63) is 18.1 Å². The number of hydrogen-bond donors (Lipinski definition) is 2. The van der Waals surface area contributed by atoms with Gasteiger partial charge < -0.3 is 10.4 Å². The molecule has 1 aliphatic carbocycles. The van der Waals surface area contributed by atoms with Gasteiger partial charge in [0.2, 0.25) is 0 Å². The molecule has 1 fully saturated rings. The van der Waals surface area contributed by atoms with E-state index in [1.807, 2.05) is 0 Å². The lowest BCUT2D eigenvalue weighted by Gasteiger charge is -2.23. The number of hydrogen-bond acceptors (Lipinski definition) is 4. The molecule has 1 aromatic heterocycles. The Morgan fingerprint density at radius 1 is 1.33 bits per heavy atom. The lowest BCUT2D eigenvalue weighted by atomic mass is 9.95. The molecule has 0 amide bonds. The highest BCUT2D eigenvalue weighted by atomic mass is 16.3. The molecule has 0 aromatic carbocycles. The molecule has 1 aliphatic rings. The topological polar surface area (TPSA) is 58.0 Å². The summed E-state index contributed by atoms with van der Waals surface area (Å²) in [4.78, 5) is 8.06. The van der Waals surface area contributed by atoms with Crippen LogP contribution in [-0.4, -0.2) is 21.1 Å². The van der Waals surface area contributed by atoms with Gasteiger partial charge in [-0.3, -0.25) is 0 Å². The maximum absolute atomic E-state index is 9.13. The number of anilines is 1. The van der Waals surface area contributed by atoms with E-state index in [-0.39, 0.29) is 6.61 Å². The van der Waals surface area contributed by atoms with Crippen LogP contribution < -0.4 is 5.32 Å². The fourth-order valence-electron chi connectivity index (χ4n) is 2.04. The lowest BCUT2D eigenvalue weighted by molar-refractivity contribution is 0.281. The van der Waals surface area contributed by atoms with Crippen LogP contribution in [0, 0.1) is 0 Å². The molecule has 2 N–H and O–H groups in total. The fourth-order valence-corrected chi connectivity index (χ4v) is 2.04. The molecule has 0 saturated heterocycles. The summed E-state index contributed by atoms with van der Waals surface area (Å²) >= 11 is 0. The van der Waals surface area contributed by atoms with E-state index < -0.39 is 0 Å². The number of aromatic nitrogens is 2. The van der Waals surface area contributed by atoms with Gasteiger partial charge in [0.05, 0.1) is 6.61 Å². The number of aliphatic hydroxyl groups excluding tert-OH is 1. The Morgan fingerprint density at radius 2 is 2.13 bits per heavy atom. The maximum Gasteiger partial charge on any atom is 0.135 e.